The van der Waals surface area contributed by atoms with Gasteiger partial charge in [-0.25, -0.2) is 13.2 Å². The normalized spacial score (nSPS) is 23.8. The first-order chi connectivity index (χ1) is 13.4. The second-order valence-electron chi connectivity index (χ2n) is 8.74. The lowest BCUT2D eigenvalue weighted by Gasteiger charge is -2.49. The van der Waals surface area contributed by atoms with E-state index in [-0.39, 0.29) is 18.0 Å². The van der Waals surface area contributed by atoms with Gasteiger partial charge in [0.15, 0.2) is 5.60 Å². The third-order valence-electron chi connectivity index (χ3n) is 5.52. The van der Waals surface area contributed by atoms with Gasteiger partial charge in [-0.2, -0.15) is 17.5 Å². The highest BCUT2D eigenvalue weighted by molar-refractivity contribution is 7.89. The number of hydrogen-bond acceptors (Lipinski definition) is 4. The van der Waals surface area contributed by atoms with E-state index in [9.17, 15) is 36.6 Å². The molecule has 7 nitrogen and oxygen atoms in total. The van der Waals surface area contributed by atoms with Crippen molar-refractivity contribution in [3.8, 4) is 0 Å². The molecule has 1 heterocycles. The standard InChI is InChI=1S/C19H27F3N2O5S/c1-12-15(17(2,3)4)23(16(25)26)10-11-24(12)30(28,29)14-8-6-13(7-9-14)18(5,27)19(20,21)22/h6-9,12,15,27H,10-11H2,1-5H3,(H,25,26)/t12-,15?,18?/m1/s1. The molecule has 1 aromatic rings. The van der Waals surface area contributed by atoms with Crippen LogP contribution in [0.2, 0.25) is 0 Å². The summed E-state index contributed by atoms with van der Waals surface area (Å²) in [6.45, 7) is 7.55. The van der Waals surface area contributed by atoms with E-state index in [1.165, 1.54) is 9.21 Å². The average Bonchev–Trinajstić information content (AvgIpc) is 2.59. The first-order valence-electron chi connectivity index (χ1n) is 9.33. The minimum Gasteiger partial charge on any atom is -0.465 e. The Balaban J connectivity index is 2.41. The van der Waals surface area contributed by atoms with Crippen molar-refractivity contribution in [3.63, 3.8) is 0 Å². The number of amides is 1. The Morgan fingerprint density at radius 1 is 1.07 bits per heavy atom. The number of aliphatic hydroxyl groups is 1. The molecule has 0 saturated carbocycles. The summed E-state index contributed by atoms with van der Waals surface area (Å²) in [5.41, 5.74) is -4.15. The average molecular weight is 452 g/mol. The molecule has 0 bridgehead atoms. The van der Waals surface area contributed by atoms with Gasteiger partial charge in [0.2, 0.25) is 10.0 Å². The van der Waals surface area contributed by atoms with Crippen molar-refractivity contribution >= 4 is 16.1 Å². The number of carboxylic acid groups (broad SMARTS) is 1. The third kappa shape index (κ3) is 4.28. The minimum absolute atomic E-state index is 0.0261. The second kappa shape index (κ2) is 7.69. The Hall–Kier alpha value is -1.85. The van der Waals surface area contributed by atoms with Crippen molar-refractivity contribution in [2.75, 3.05) is 13.1 Å². The van der Waals surface area contributed by atoms with Crippen molar-refractivity contribution in [1.82, 2.24) is 9.21 Å². The number of sulfonamides is 1. The van der Waals surface area contributed by atoms with Gasteiger partial charge >= 0.3 is 12.3 Å². The number of halogens is 3. The van der Waals surface area contributed by atoms with Crippen molar-refractivity contribution in [2.45, 2.75) is 63.4 Å². The molecule has 1 fully saturated rings. The molecule has 11 heteroatoms. The number of benzene rings is 1. The molecule has 3 atom stereocenters. The van der Waals surface area contributed by atoms with Crippen LogP contribution in [0.25, 0.3) is 0 Å². The molecule has 1 saturated heterocycles. The van der Waals surface area contributed by atoms with Gasteiger partial charge in [-0.05, 0) is 37.0 Å². The molecule has 2 rings (SSSR count). The van der Waals surface area contributed by atoms with Crippen LogP contribution < -0.4 is 0 Å². The van der Waals surface area contributed by atoms with E-state index >= 15 is 0 Å². The van der Waals surface area contributed by atoms with Crippen LogP contribution in [0.15, 0.2) is 29.2 Å². The fourth-order valence-electron chi connectivity index (χ4n) is 3.96. The summed E-state index contributed by atoms with van der Waals surface area (Å²) in [5.74, 6) is 0. The largest absolute Gasteiger partial charge is 0.465 e. The van der Waals surface area contributed by atoms with Gasteiger partial charge in [0.1, 0.15) is 0 Å². The molecular weight excluding hydrogens is 425 g/mol. The van der Waals surface area contributed by atoms with E-state index < -0.39 is 51.0 Å². The molecule has 1 aliphatic heterocycles. The maximum atomic E-state index is 13.2. The molecule has 170 valence electrons. The molecule has 2 unspecified atom stereocenters. The zero-order chi connectivity index (χ0) is 23.3. The topological polar surface area (TPSA) is 98.2 Å². The molecular formula is C19H27F3N2O5S. The zero-order valence-corrected chi connectivity index (χ0v) is 18.3. The molecule has 0 radical (unpaired) electrons. The summed E-state index contributed by atoms with van der Waals surface area (Å²) in [7, 11) is -4.10. The van der Waals surface area contributed by atoms with Gasteiger partial charge in [-0.1, -0.05) is 32.9 Å². The Labute approximate surface area is 174 Å². The Morgan fingerprint density at radius 2 is 1.57 bits per heavy atom. The monoisotopic (exact) mass is 452 g/mol. The number of nitrogens with zero attached hydrogens (tertiary/aromatic N) is 2. The van der Waals surface area contributed by atoms with E-state index in [1.54, 1.807) is 6.92 Å². The van der Waals surface area contributed by atoms with E-state index in [0.717, 1.165) is 24.3 Å². The lowest BCUT2D eigenvalue weighted by atomic mass is 9.80. The van der Waals surface area contributed by atoms with Crippen LogP contribution >= 0.6 is 0 Å². The van der Waals surface area contributed by atoms with E-state index in [1.807, 2.05) is 20.8 Å². The zero-order valence-electron chi connectivity index (χ0n) is 17.4. The van der Waals surface area contributed by atoms with Crippen molar-refractivity contribution < 1.29 is 36.6 Å². The molecule has 30 heavy (non-hydrogen) atoms. The molecule has 1 amide bonds. The van der Waals surface area contributed by atoms with Crippen LogP contribution in [0.1, 0.15) is 40.2 Å². The number of carbonyl (C=O) groups is 1. The summed E-state index contributed by atoms with van der Waals surface area (Å²) in [4.78, 5) is 12.6. The lowest BCUT2D eigenvalue weighted by Crippen LogP contribution is -2.64. The third-order valence-corrected chi connectivity index (χ3v) is 7.52. The van der Waals surface area contributed by atoms with E-state index in [2.05, 4.69) is 0 Å². The highest BCUT2D eigenvalue weighted by Crippen LogP contribution is 2.39. The van der Waals surface area contributed by atoms with E-state index in [0.29, 0.717) is 6.92 Å². The quantitative estimate of drug-likeness (QED) is 0.734. The number of alkyl halides is 3. The number of hydrogen-bond donors (Lipinski definition) is 2. The van der Waals surface area contributed by atoms with Crippen LogP contribution in [0.4, 0.5) is 18.0 Å². The molecule has 1 aromatic carbocycles. The highest BCUT2D eigenvalue weighted by Gasteiger charge is 2.51. The van der Waals surface area contributed by atoms with Crippen LogP contribution in [0, 0.1) is 5.41 Å². The highest BCUT2D eigenvalue weighted by atomic mass is 32.2. The van der Waals surface area contributed by atoms with Gasteiger partial charge in [-0.15, -0.1) is 0 Å². The summed E-state index contributed by atoms with van der Waals surface area (Å²) in [5, 5.41) is 19.3. The predicted molar refractivity (Wildman–Crippen MR) is 103 cm³/mol. The fraction of sp³-hybridized carbons (Fsp3) is 0.632. The molecule has 1 aliphatic rings. The molecule has 0 spiro atoms. The maximum Gasteiger partial charge on any atom is 0.421 e. The van der Waals surface area contributed by atoms with Crippen LogP contribution in [-0.4, -0.2) is 65.3 Å². The summed E-state index contributed by atoms with van der Waals surface area (Å²) < 4.78 is 66.6. The Kier molecular flexibility index (Phi) is 6.26. The second-order valence-corrected chi connectivity index (χ2v) is 10.6. The maximum absolute atomic E-state index is 13.2. The van der Waals surface area contributed by atoms with Gasteiger partial charge in [-0.3, -0.25) is 0 Å². The predicted octanol–water partition coefficient (Wildman–Crippen LogP) is 3.24. The van der Waals surface area contributed by atoms with Gasteiger partial charge in [0.25, 0.3) is 0 Å². The first-order valence-corrected chi connectivity index (χ1v) is 10.8. The number of rotatable bonds is 3. The first kappa shape index (κ1) is 24.4. The number of piperazine rings is 1. The van der Waals surface area contributed by atoms with Crippen LogP contribution in [0.5, 0.6) is 0 Å². The SMILES string of the molecule is C[C@@H]1C(C(C)(C)C)N(C(=O)O)CCN1S(=O)(=O)c1ccc(C(C)(O)C(F)(F)F)cc1. The van der Waals surface area contributed by atoms with Gasteiger partial charge < -0.3 is 15.1 Å². The lowest BCUT2D eigenvalue weighted by molar-refractivity contribution is -0.258. The smallest absolute Gasteiger partial charge is 0.421 e. The molecule has 0 aromatic heterocycles. The summed E-state index contributed by atoms with van der Waals surface area (Å²) in [6.07, 6.45) is -6.06. The van der Waals surface area contributed by atoms with Crippen molar-refractivity contribution in [2.24, 2.45) is 5.41 Å². The minimum atomic E-state index is -4.92. The van der Waals surface area contributed by atoms with E-state index in [4.69, 9.17) is 0 Å². The molecule has 0 aliphatic carbocycles. The summed E-state index contributed by atoms with van der Waals surface area (Å²) >= 11 is 0. The Morgan fingerprint density at radius 3 is 1.97 bits per heavy atom. The van der Waals surface area contributed by atoms with Crippen molar-refractivity contribution in [1.29, 1.82) is 0 Å². The molecule has 2 N–H and O–H groups in total. The van der Waals surface area contributed by atoms with Gasteiger partial charge in [0.05, 0.1) is 10.9 Å². The fourth-order valence-corrected chi connectivity index (χ4v) is 5.59. The van der Waals surface area contributed by atoms with Gasteiger partial charge in [0, 0.05) is 19.1 Å². The van der Waals surface area contributed by atoms with Crippen LogP contribution in [0.3, 0.4) is 0 Å². The Bertz CT molecular complexity index is 892. The van der Waals surface area contributed by atoms with Crippen LogP contribution in [-0.2, 0) is 15.6 Å². The van der Waals surface area contributed by atoms with Crippen molar-refractivity contribution in [3.05, 3.63) is 29.8 Å². The summed E-state index contributed by atoms with van der Waals surface area (Å²) in [6, 6.07) is 2.58.